The lowest BCUT2D eigenvalue weighted by Crippen LogP contribution is -2.19. The number of amides is 1. The molecule has 0 spiro atoms. The summed E-state index contributed by atoms with van der Waals surface area (Å²) in [7, 11) is 1.89. The van der Waals surface area contributed by atoms with E-state index in [1.165, 1.54) is 18.5 Å². The van der Waals surface area contributed by atoms with Gasteiger partial charge in [-0.2, -0.15) is 13.2 Å². The van der Waals surface area contributed by atoms with Crippen LogP contribution in [0.2, 0.25) is 0 Å². The number of halogens is 3. The van der Waals surface area contributed by atoms with E-state index >= 15 is 0 Å². The summed E-state index contributed by atoms with van der Waals surface area (Å²) < 4.78 is 39.8. The zero-order chi connectivity index (χ0) is 18.0. The number of likely N-dealkylation sites (tertiary alicyclic amines) is 1. The predicted octanol–water partition coefficient (Wildman–Crippen LogP) is 4.12. The molecule has 4 nitrogen and oxygen atoms in total. The molecule has 1 N–H and O–H groups in total. The van der Waals surface area contributed by atoms with Crippen LogP contribution < -0.4 is 5.32 Å². The Balaban J connectivity index is 1.93. The molecule has 1 aromatic carbocycles. The second-order valence-corrected chi connectivity index (χ2v) is 6.18. The summed E-state index contributed by atoms with van der Waals surface area (Å²) in [5.74, 6) is -0.488. The quantitative estimate of drug-likeness (QED) is 0.907. The standard InChI is InChI=1S/C18H18F3N3O/c1-24-7-3-5-16(24)13-8-14(18(19,20)21)10-15(9-13)23-17(25)12-4-2-6-22-11-12/h2,4,6,8-11,16H,3,5,7H2,1H3,(H,23,25). The van der Waals surface area contributed by atoms with Crippen LogP contribution in [-0.4, -0.2) is 29.4 Å². The third-order valence-corrected chi connectivity index (χ3v) is 4.37. The number of aromatic nitrogens is 1. The maximum Gasteiger partial charge on any atom is 0.416 e. The van der Waals surface area contributed by atoms with E-state index in [2.05, 4.69) is 10.3 Å². The van der Waals surface area contributed by atoms with Gasteiger partial charge in [-0.25, -0.2) is 0 Å². The molecule has 25 heavy (non-hydrogen) atoms. The smallest absolute Gasteiger partial charge is 0.322 e. The fourth-order valence-corrected chi connectivity index (χ4v) is 3.11. The fourth-order valence-electron chi connectivity index (χ4n) is 3.11. The van der Waals surface area contributed by atoms with E-state index in [-0.39, 0.29) is 11.7 Å². The minimum Gasteiger partial charge on any atom is -0.322 e. The lowest BCUT2D eigenvalue weighted by molar-refractivity contribution is -0.137. The Morgan fingerprint density at radius 1 is 1.32 bits per heavy atom. The van der Waals surface area contributed by atoms with Crippen LogP contribution in [0, 0.1) is 0 Å². The van der Waals surface area contributed by atoms with Crippen molar-refractivity contribution < 1.29 is 18.0 Å². The van der Waals surface area contributed by atoms with Crippen molar-refractivity contribution in [2.45, 2.75) is 25.1 Å². The Kier molecular flexibility index (Phi) is 4.76. The van der Waals surface area contributed by atoms with E-state index in [1.807, 2.05) is 11.9 Å². The average Bonchev–Trinajstić information content (AvgIpc) is 3.00. The summed E-state index contributed by atoms with van der Waals surface area (Å²) in [6.07, 6.45) is 0.160. The first-order chi connectivity index (χ1) is 11.8. The third-order valence-electron chi connectivity index (χ3n) is 4.37. The summed E-state index contributed by atoms with van der Waals surface area (Å²) in [4.78, 5) is 18.1. The summed E-state index contributed by atoms with van der Waals surface area (Å²) in [5, 5.41) is 2.55. The maximum atomic E-state index is 13.3. The zero-order valence-corrected chi connectivity index (χ0v) is 13.7. The van der Waals surface area contributed by atoms with Gasteiger partial charge in [-0.05, 0) is 62.3 Å². The van der Waals surface area contributed by atoms with Crippen molar-refractivity contribution in [2.24, 2.45) is 0 Å². The van der Waals surface area contributed by atoms with Crippen molar-refractivity contribution >= 4 is 11.6 Å². The molecule has 1 unspecified atom stereocenters. The number of carbonyl (C=O) groups is 1. The van der Waals surface area contributed by atoms with Crippen LogP contribution in [-0.2, 0) is 6.18 Å². The summed E-state index contributed by atoms with van der Waals surface area (Å²) in [6, 6.07) is 6.84. The Hall–Kier alpha value is -2.41. The molecule has 1 atom stereocenters. The summed E-state index contributed by atoms with van der Waals surface area (Å²) in [5.41, 5.74) is 0.238. The Bertz CT molecular complexity index is 762. The highest BCUT2D eigenvalue weighted by Crippen LogP contribution is 2.37. The molecule has 7 heteroatoms. The Morgan fingerprint density at radius 2 is 2.12 bits per heavy atom. The van der Waals surface area contributed by atoms with E-state index in [0.717, 1.165) is 25.5 Å². The van der Waals surface area contributed by atoms with Crippen molar-refractivity contribution in [3.05, 3.63) is 59.4 Å². The first-order valence-electron chi connectivity index (χ1n) is 7.98. The molecule has 1 aliphatic rings. The Labute approximate surface area is 143 Å². The number of nitrogens with zero attached hydrogens (tertiary/aromatic N) is 2. The normalized spacial score (nSPS) is 18.3. The number of hydrogen-bond donors (Lipinski definition) is 1. The second-order valence-electron chi connectivity index (χ2n) is 6.18. The molecular formula is C18H18F3N3O. The van der Waals surface area contributed by atoms with Gasteiger partial charge in [0.2, 0.25) is 0 Å². The molecule has 2 heterocycles. The molecule has 0 saturated carbocycles. The SMILES string of the molecule is CN1CCCC1c1cc(NC(=O)c2cccnc2)cc(C(F)(F)F)c1. The van der Waals surface area contributed by atoms with E-state index in [9.17, 15) is 18.0 Å². The Morgan fingerprint density at radius 3 is 2.72 bits per heavy atom. The van der Waals surface area contributed by atoms with Crippen LogP contribution >= 0.6 is 0 Å². The number of alkyl halides is 3. The van der Waals surface area contributed by atoms with Crippen LogP contribution in [0.25, 0.3) is 0 Å². The van der Waals surface area contributed by atoms with Crippen LogP contribution in [0.4, 0.5) is 18.9 Å². The highest BCUT2D eigenvalue weighted by Gasteiger charge is 2.33. The van der Waals surface area contributed by atoms with Gasteiger partial charge in [0, 0.05) is 24.1 Å². The summed E-state index contributed by atoms with van der Waals surface area (Å²) in [6.45, 7) is 0.846. The van der Waals surface area contributed by atoms with E-state index in [1.54, 1.807) is 18.2 Å². The first kappa shape index (κ1) is 17.4. The topological polar surface area (TPSA) is 45.2 Å². The van der Waals surface area contributed by atoms with Gasteiger partial charge in [0.25, 0.3) is 5.91 Å². The monoisotopic (exact) mass is 349 g/mol. The average molecular weight is 349 g/mol. The lowest BCUT2D eigenvalue weighted by atomic mass is 10.0. The molecule has 132 valence electrons. The number of rotatable bonds is 3. The van der Waals surface area contributed by atoms with Crippen molar-refractivity contribution in [2.75, 3.05) is 18.9 Å². The van der Waals surface area contributed by atoms with Gasteiger partial charge in [0.15, 0.2) is 0 Å². The molecule has 2 aromatic rings. The number of nitrogens with one attached hydrogen (secondary N) is 1. The maximum absolute atomic E-state index is 13.3. The molecular weight excluding hydrogens is 331 g/mol. The number of benzene rings is 1. The van der Waals surface area contributed by atoms with Crippen LogP contribution in [0.1, 0.15) is 40.4 Å². The van der Waals surface area contributed by atoms with Crippen molar-refractivity contribution in [3.63, 3.8) is 0 Å². The molecule has 1 saturated heterocycles. The van der Waals surface area contributed by atoms with Gasteiger partial charge in [-0.3, -0.25) is 14.7 Å². The molecule has 0 bridgehead atoms. The number of hydrogen-bond acceptors (Lipinski definition) is 3. The predicted molar refractivity (Wildman–Crippen MR) is 88.2 cm³/mol. The van der Waals surface area contributed by atoms with Gasteiger partial charge in [0.05, 0.1) is 11.1 Å². The van der Waals surface area contributed by atoms with Crippen molar-refractivity contribution in [1.82, 2.24) is 9.88 Å². The van der Waals surface area contributed by atoms with E-state index in [4.69, 9.17) is 0 Å². The molecule has 0 radical (unpaired) electrons. The number of carbonyl (C=O) groups excluding carboxylic acids is 1. The molecule has 1 fully saturated rings. The molecule has 1 aliphatic heterocycles. The molecule has 1 amide bonds. The minimum absolute atomic E-state index is 0.0728. The minimum atomic E-state index is -4.47. The highest BCUT2D eigenvalue weighted by atomic mass is 19.4. The number of pyridine rings is 1. The first-order valence-corrected chi connectivity index (χ1v) is 7.98. The van der Waals surface area contributed by atoms with E-state index in [0.29, 0.717) is 11.1 Å². The molecule has 1 aromatic heterocycles. The molecule has 3 rings (SSSR count). The van der Waals surface area contributed by atoms with Crippen LogP contribution in [0.3, 0.4) is 0 Å². The van der Waals surface area contributed by atoms with Crippen molar-refractivity contribution in [3.8, 4) is 0 Å². The van der Waals surface area contributed by atoms with Crippen LogP contribution in [0.5, 0.6) is 0 Å². The molecule has 0 aliphatic carbocycles. The lowest BCUT2D eigenvalue weighted by Gasteiger charge is -2.22. The largest absolute Gasteiger partial charge is 0.416 e. The van der Waals surface area contributed by atoms with Gasteiger partial charge in [-0.15, -0.1) is 0 Å². The fraction of sp³-hybridized carbons (Fsp3) is 0.333. The van der Waals surface area contributed by atoms with Crippen molar-refractivity contribution in [1.29, 1.82) is 0 Å². The third kappa shape index (κ3) is 3.99. The zero-order valence-electron chi connectivity index (χ0n) is 13.7. The highest BCUT2D eigenvalue weighted by molar-refractivity contribution is 6.04. The van der Waals surface area contributed by atoms with Gasteiger partial charge >= 0.3 is 6.18 Å². The second kappa shape index (κ2) is 6.84. The van der Waals surface area contributed by atoms with Gasteiger partial charge in [0.1, 0.15) is 0 Å². The number of anilines is 1. The van der Waals surface area contributed by atoms with Gasteiger partial charge in [-0.1, -0.05) is 0 Å². The van der Waals surface area contributed by atoms with Crippen LogP contribution in [0.15, 0.2) is 42.7 Å². The van der Waals surface area contributed by atoms with E-state index < -0.39 is 17.6 Å². The van der Waals surface area contributed by atoms with Gasteiger partial charge < -0.3 is 5.32 Å². The summed E-state index contributed by atoms with van der Waals surface area (Å²) >= 11 is 0.